The Bertz CT molecular complexity index is 1040. The van der Waals surface area contributed by atoms with Crippen LogP contribution in [0.1, 0.15) is 34.2 Å². The predicted octanol–water partition coefficient (Wildman–Crippen LogP) is 3.15. The summed E-state index contributed by atoms with van der Waals surface area (Å²) in [5.41, 5.74) is 4.48. The van der Waals surface area contributed by atoms with Crippen molar-refractivity contribution in [3.8, 4) is 11.1 Å². The number of pyridine rings is 1. The number of aromatic amines is 1. The number of hydrogen-bond donors (Lipinski definition) is 1. The smallest absolute Gasteiger partial charge is 0.272 e. The van der Waals surface area contributed by atoms with Gasteiger partial charge in [0.15, 0.2) is 0 Å². The largest absolute Gasteiger partial charge is 0.339 e. The molecule has 1 amide bonds. The van der Waals surface area contributed by atoms with Crippen LogP contribution < -0.4 is 5.56 Å². The molecular formula is C22H24N4O2. The first-order valence-electron chi connectivity index (χ1n) is 9.20. The number of nitrogens with one attached hydrogen (secondary N) is 1. The highest BCUT2D eigenvalue weighted by molar-refractivity contribution is 5.94. The van der Waals surface area contributed by atoms with Gasteiger partial charge in [0.1, 0.15) is 0 Å². The van der Waals surface area contributed by atoms with E-state index in [0.29, 0.717) is 17.5 Å². The van der Waals surface area contributed by atoms with Crippen molar-refractivity contribution >= 4 is 5.91 Å². The van der Waals surface area contributed by atoms with Crippen molar-refractivity contribution in [3.63, 3.8) is 0 Å². The Morgan fingerprint density at radius 1 is 1.14 bits per heavy atom. The normalized spacial score (nSPS) is 11.9. The van der Waals surface area contributed by atoms with Crippen LogP contribution in [0.5, 0.6) is 0 Å². The molecule has 0 bridgehead atoms. The summed E-state index contributed by atoms with van der Waals surface area (Å²) in [6, 6.07) is 12.8. The van der Waals surface area contributed by atoms with Gasteiger partial charge in [-0.15, -0.1) is 0 Å². The SMILES string of the molecule is Cc1ccnc(CC(C)N(C)C(=O)c2ccc(-c3cc(C)n[nH]c3=O)cc2)c1. The van der Waals surface area contributed by atoms with E-state index in [0.717, 1.165) is 22.5 Å². The van der Waals surface area contributed by atoms with E-state index in [9.17, 15) is 9.59 Å². The quantitative estimate of drug-likeness (QED) is 0.742. The van der Waals surface area contributed by atoms with Crippen molar-refractivity contribution in [1.82, 2.24) is 20.1 Å². The van der Waals surface area contributed by atoms with Gasteiger partial charge in [-0.3, -0.25) is 14.6 Å². The minimum atomic E-state index is -0.249. The highest BCUT2D eigenvalue weighted by Gasteiger charge is 2.18. The molecule has 28 heavy (non-hydrogen) atoms. The first kappa shape index (κ1) is 19.5. The molecule has 0 aliphatic carbocycles. The number of rotatable bonds is 5. The zero-order valence-electron chi connectivity index (χ0n) is 16.6. The maximum atomic E-state index is 12.8. The first-order valence-corrected chi connectivity index (χ1v) is 9.20. The van der Waals surface area contributed by atoms with Crippen LogP contribution in [0.25, 0.3) is 11.1 Å². The Morgan fingerprint density at radius 3 is 2.54 bits per heavy atom. The van der Waals surface area contributed by atoms with E-state index in [1.54, 1.807) is 48.5 Å². The minimum Gasteiger partial charge on any atom is -0.339 e. The standard InChI is InChI=1S/C22H24N4O2/c1-14-9-10-23-19(11-14)13-16(3)26(4)22(28)18-7-5-17(6-8-18)20-12-15(2)24-25-21(20)27/h5-12,16H,13H2,1-4H3,(H,25,27). The molecule has 2 heterocycles. The molecule has 0 spiro atoms. The van der Waals surface area contributed by atoms with E-state index in [1.165, 1.54) is 0 Å². The molecule has 0 saturated heterocycles. The van der Waals surface area contributed by atoms with Gasteiger partial charge in [0.25, 0.3) is 11.5 Å². The first-order chi connectivity index (χ1) is 13.3. The molecule has 6 heteroatoms. The van der Waals surface area contributed by atoms with Crippen LogP contribution in [0.15, 0.2) is 53.5 Å². The van der Waals surface area contributed by atoms with Gasteiger partial charge in [0.2, 0.25) is 0 Å². The van der Waals surface area contributed by atoms with Crippen molar-refractivity contribution in [2.24, 2.45) is 0 Å². The van der Waals surface area contributed by atoms with Crippen LogP contribution in [0.3, 0.4) is 0 Å². The predicted molar refractivity (Wildman–Crippen MR) is 109 cm³/mol. The second-order valence-electron chi connectivity index (χ2n) is 7.12. The summed E-state index contributed by atoms with van der Waals surface area (Å²) in [6.45, 7) is 5.86. The van der Waals surface area contributed by atoms with E-state index >= 15 is 0 Å². The monoisotopic (exact) mass is 376 g/mol. The molecule has 144 valence electrons. The van der Waals surface area contributed by atoms with Gasteiger partial charge in [-0.1, -0.05) is 12.1 Å². The molecule has 1 atom stereocenters. The molecule has 3 aromatic rings. The second kappa shape index (κ2) is 8.17. The van der Waals surface area contributed by atoms with E-state index < -0.39 is 0 Å². The lowest BCUT2D eigenvalue weighted by Gasteiger charge is -2.25. The average Bonchev–Trinajstić information content (AvgIpc) is 2.69. The van der Waals surface area contributed by atoms with Crippen molar-refractivity contribution in [2.45, 2.75) is 33.2 Å². The van der Waals surface area contributed by atoms with Crippen LogP contribution in [0.2, 0.25) is 0 Å². The summed E-state index contributed by atoms with van der Waals surface area (Å²) < 4.78 is 0. The molecule has 2 aromatic heterocycles. The Kier molecular flexibility index (Phi) is 5.68. The van der Waals surface area contributed by atoms with Gasteiger partial charge in [0.05, 0.1) is 11.3 Å². The van der Waals surface area contributed by atoms with Crippen molar-refractivity contribution in [1.29, 1.82) is 0 Å². The lowest BCUT2D eigenvalue weighted by molar-refractivity contribution is 0.0743. The number of carbonyl (C=O) groups excluding carboxylic acids is 1. The summed E-state index contributed by atoms with van der Waals surface area (Å²) in [7, 11) is 1.80. The fourth-order valence-corrected chi connectivity index (χ4v) is 3.07. The van der Waals surface area contributed by atoms with Crippen molar-refractivity contribution < 1.29 is 4.79 Å². The molecule has 0 aliphatic heterocycles. The second-order valence-corrected chi connectivity index (χ2v) is 7.12. The molecular weight excluding hydrogens is 352 g/mol. The van der Waals surface area contributed by atoms with Gasteiger partial charge >= 0.3 is 0 Å². The number of likely N-dealkylation sites (N-methyl/N-ethyl adjacent to an activating group) is 1. The number of aromatic nitrogens is 3. The number of nitrogens with zero attached hydrogens (tertiary/aromatic N) is 3. The summed E-state index contributed by atoms with van der Waals surface area (Å²) in [4.78, 5) is 30.9. The molecule has 1 N–H and O–H groups in total. The number of amides is 1. The molecule has 0 radical (unpaired) electrons. The number of carbonyl (C=O) groups is 1. The summed E-state index contributed by atoms with van der Waals surface area (Å²) in [6.07, 6.45) is 2.48. The molecule has 1 aromatic carbocycles. The van der Waals surface area contributed by atoms with Gasteiger partial charge in [-0.2, -0.15) is 5.10 Å². The van der Waals surface area contributed by atoms with E-state index in [4.69, 9.17) is 0 Å². The molecule has 0 aliphatic rings. The van der Waals surface area contributed by atoms with Gasteiger partial charge in [-0.05, 0) is 62.2 Å². The zero-order chi connectivity index (χ0) is 20.3. The summed E-state index contributed by atoms with van der Waals surface area (Å²) in [5, 5.41) is 6.37. The summed E-state index contributed by atoms with van der Waals surface area (Å²) >= 11 is 0. The number of H-pyrrole nitrogens is 1. The van der Waals surface area contributed by atoms with Crippen LogP contribution >= 0.6 is 0 Å². The molecule has 0 saturated carbocycles. The third-order valence-electron chi connectivity index (χ3n) is 4.83. The summed E-state index contributed by atoms with van der Waals surface area (Å²) in [5.74, 6) is -0.0634. The van der Waals surface area contributed by atoms with Crippen LogP contribution in [-0.4, -0.2) is 39.1 Å². The molecule has 3 rings (SSSR count). The van der Waals surface area contributed by atoms with Gasteiger partial charge < -0.3 is 4.90 Å². The highest BCUT2D eigenvalue weighted by Crippen LogP contribution is 2.18. The topological polar surface area (TPSA) is 79.0 Å². The third kappa shape index (κ3) is 4.34. The van der Waals surface area contributed by atoms with E-state index in [2.05, 4.69) is 15.2 Å². The van der Waals surface area contributed by atoms with Crippen LogP contribution in [0.4, 0.5) is 0 Å². The van der Waals surface area contributed by atoms with Gasteiger partial charge in [-0.25, -0.2) is 5.10 Å². The molecule has 6 nitrogen and oxygen atoms in total. The van der Waals surface area contributed by atoms with E-state index in [-0.39, 0.29) is 17.5 Å². The number of benzene rings is 1. The lowest BCUT2D eigenvalue weighted by atomic mass is 10.0. The number of aryl methyl sites for hydroxylation is 2. The zero-order valence-corrected chi connectivity index (χ0v) is 16.6. The Morgan fingerprint density at radius 2 is 1.86 bits per heavy atom. The minimum absolute atomic E-state index is 0.00664. The maximum absolute atomic E-state index is 12.8. The molecule has 1 unspecified atom stereocenters. The third-order valence-corrected chi connectivity index (χ3v) is 4.83. The van der Waals surface area contributed by atoms with Crippen molar-refractivity contribution in [3.05, 3.63) is 81.5 Å². The highest BCUT2D eigenvalue weighted by atomic mass is 16.2. The Labute approximate surface area is 164 Å². The maximum Gasteiger partial charge on any atom is 0.272 e. The fourth-order valence-electron chi connectivity index (χ4n) is 3.07. The molecule has 0 fully saturated rings. The number of hydrogen-bond acceptors (Lipinski definition) is 4. The van der Waals surface area contributed by atoms with Crippen LogP contribution in [-0.2, 0) is 6.42 Å². The lowest BCUT2D eigenvalue weighted by Crippen LogP contribution is -2.36. The fraction of sp³-hybridized carbons (Fsp3) is 0.273. The average molecular weight is 376 g/mol. The van der Waals surface area contributed by atoms with Gasteiger partial charge in [0, 0.05) is 37.0 Å². The Balaban J connectivity index is 1.74. The Hall–Kier alpha value is -3.28. The van der Waals surface area contributed by atoms with Crippen molar-refractivity contribution in [2.75, 3.05) is 7.05 Å². The van der Waals surface area contributed by atoms with Crippen LogP contribution in [0, 0.1) is 13.8 Å². The van der Waals surface area contributed by atoms with E-state index in [1.807, 2.05) is 32.9 Å².